The van der Waals surface area contributed by atoms with Gasteiger partial charge in [0, 0.05) is 11.6 Å². The van der Waals surface area contributed by atoms with Crippen LogP contribution in [-0.2, 0) is 21.0 Å². The Bertz CT molecular complexity index is 149. The van der Waals surface area contributed by atoms with E-state index in [1.807, 2.05) is 13.8 Å². The van der Waals surface area contributed by atoms with E-state index in [0.717, 1.165) is 18.0 Å². The number of hydrogen-bond donors (Lipinski definition) is 2. The third-order valence-electron chi connectivity index (χ3n) is 1.14. The molecule has 0 aromatic carbocycles. The zero-order chi connectivity index (χ0) is 8.91. The first-order valence-corrected chi connectivity index (χ1v) is 7.25. The largest absolute Gasteiger partial charge is 0.317 e. The molecule has 0 aromatic heterocycles. The van der Waals surface area contributed by atoms with Crippen molar-refractivity contribution in [1.82, 2.24) is 0 Å². The fourth-order valence-corrected chi connectivity index (χ4v) is 2.29. The van der Waals surface area contributed by atoms with E-state index in [9.17, 15) is 0 Å². The minimum atomic E-state index is -2.45. The summed E-state index contributed by atoms with van der Waals surface area (Å²) in [6.07, 6.45) is 0.905. The summed E-state index contributed by atoms with van der Waals surface area (Å²) in [6, 6.07) is 0. The average molecular weight is 216 g/mol. The van der Waals surface area contributed by atoms with Gasteiger partial charge in [-0.1, -0.05) is 6.92 Å². The van der Waals surface area contributed by atoms with Crippen LogP contribution in [0.3, 0.4) is 0 Å². The standard InChI is InChI=1S/C4H13N2O2PS2/c1-3-4(2)7-9(10,8-5)11-6/h4H,3,5-6H2,1-2H3. The van der Waals surface area contributed by atoms with Gasteiger partial charge in [-0.3, -0.25) is 5.14 Å². The minimum Gasteiger partial charge on any atom is -0.317 e. The lowest BCUT2D eigenvalue weighted by Gasteiger charge is -2.19. The van der Waals surface area contributed by atoms with Crippen LogP contribution in [0.4, 0.5) is 0 Å². The Hall–Kier alpha value is 0.840. The number of rotatable bonds is 5. The Labute approximate surface area is 76.0 Å². The summed E-state index contributed by atoms with van der Waals surface area (Å²) in [7, 11) is 0. The van der Waals surface area contributed by atoms with Gasteiger partial charge in [0.15, 0.2) is 0 Å². The highest BCUT2D eigenvalue weighted by Crippen LogP contribution is 2.57. The van der Waals surface area contributed by atoms with Crippen molar-refractivity contribution < 1.29 is 9.15 Å². The van der Waals surface area contributed by atoms with Crippen molar-refractivity contribution in [2.24, 2.45) is 11.0 Å². The van der Waals surface area contributed by atoms with Crippen LogP contribution < -0.4 is 11.0 Å². The summed E-state index contributed by atoms with van der Waals surface area (Å²) in [4.78, 5) is 0. The predicted octanol–water partition coefficient (Wildman–Crippen LogP) is 1.52. The van der Waals surface area contributed by atoms with E-state index in [4.69, 9.17) is 27.4 Å². The topological polar surface area (TPSA) is 70.5 Å². The third kappa shape index (κ3) is 4.42. The maximum absolute atomic E-state index is 5.30. The summed E-state index contributed by atoms with van der Waals surface area (Å²) in [5.74, 6) is 4.94. The molecule has 0 saturated heterocycles. The van der Waals surface area contributed by atoms with Crippen LogP contribution in [0.1, 0.15) is 20.3 Å². The van der Waals surface area contributed by atoms with Gasteiger partial charge >= 0.3 is 0 Å². The first kappa shape index (κ1) is 11.8. The fourth-order valence-electron chi connectivity index (χ4n) is 0.369. The van der Waals surface area contributed by atoms with Gasteiger partial charge in [0.25, 0.3) is 5.69 Å². The summed E-state index contributed by atoms with van der Waals surface area (Å²) >= 11 is 5.80. The van der Waals surface area contributed by atoms with Crippen molar-refractivity contribution in [3.63, 3.8) is 0 Å². The molecular formula is C4H13N2O2PS2. The zero-order valence-electron chi connectivity index (χ0n) is 6.52. The van der Waals surface area contributed by atoms with Gasteiger partial charge in [-0.15, -0.1) is 0 Å². The molecule has 0 heterocycles. The molecule has 4 nitrogen and oxygen atoms in total. The second-order valence-electron chi connectivity index (χ2n) is 1.98. The van der Waals surface area contributed by atoms with Crippen molar-refractivity contribution >= 4 is 29.1 Å². The Morgan fingerprint density at radius 1 is 1.73 bits per heavy atom. The summed E-state index contributed by atoms with van der Waals surface area (Å²) in [5.41, 5.74) is -2.45. The molecule has 11 heavy (non-hydrogen) atoms. The van der Waals surface area contributed by atoms with Gasteiger partial charge in [-0.25, -0.2) is 10.5 Å². The number of nitrogens with two attached hydrogens (primary N) is 2. The molecule has 0 fully saturated rings. The second-order valence-corrected chi connectivity index (χ2v) is 7.72. The molecule has 2 unspecified atom stereocenters. The molecule has 2 atom stereocenters. The summed E-state index contributed by atoms with van der Waals surface area (Å²) < 4.78 is 9.80. The van der Waals surface area contributed by atoms with Gasteiger partial charge in [0.2, 0.25) is 0 Å². The van der Waals surface area contributed by atoms with E-state index in [-0.39, 0.29) is 6.10 Å². The predicted molar refractivity (Wildman–Crippen MR) is 52.2 cm³/mol. The van der Waals surface area contributed by atoms with Crippen molar-refractivity contribution in [3.8, 4) is 0 Å². The first-order valence-electron chi connectivity index (χ1n) is 3.13. The Balaban J connectivity index is 3.97. The second kappa shape index (κ2) is 5.48. The van der Waals surface area contributed by atoms with Gasteiger partial charge in [0.05, 0.1) is 6.10 Å². The minimum absolute atomic E-state index is 0.0421. The molecule has 0 spiro atoms. The highest BCUT2D eigenvalue weighted by molar-refractivity contribution is 8.67. The van der Waals surface area contributed by atoms with Crippen LogP contribution in [0.15, 0.2) is 0 Å². The van der Waals surface area contributed by atoms with Crippen molar-refractivity contribution in [1.29, 1.82) is 0 Å². The average Bonchev–Trinajstić information content (AvgIpc) is 2.04. The van der Waals surface area contributed by atoms with Crippen LogP contribution in [0.5, 0.6) is 0 Å². The smallest absolute Gasteiger partial charge is 0.278 e. The van der Waals surface area contributed by atoms with Gasteiger partial charge in [-0.05, 0) is 25.2 Å². The molecule has 0 bridgehead atoms. The monoisotopic (exact) mass is 216 g/mol. The van der Waals surface area contributed by atoms with Crippen molar-refractivity contribution in [3.05, 3.63) is 0 Å². The van der Waals surface area contributed by atoms with Gasteiger partial charge in [-0.2, -0.15) is 0 Å². The van der Waals surface area contributed by atoms with Crippen LogP contribution in [0.2, 0.25) is 0 Å². The molecule has 0 radical (unpaired) electrons. The zero-order valence-corrected chi connectivity index (χ0v) is 9.05. The Morgan fingerprint density at radius 3 is 2.55 bits per heavy atom. The quantitative estimate of drug-likeness (QED) is 0.412. The molecule has 0 amide bonds. The van der Waals surface area contributed by atoms with Crippen molar-refractivity contribution in [2.45, 2.75) is 26.4 Å². The normalized spacial score (nSPS) is 19.3. The molecular weight excluding hydrogens is 203 g/mol. The van der Waals surface area contributed by atoms with Crippen LogP contribution in [-0.4, -0.2) is 6.10 Å². The highest BCUT2D eigenvalue weighted by atomic mass is 32.9. The summed E-state index contributed by atoms with van der Waals surface area (Å²) in [5, 5.41) is 5.25. The molecule has 4 N–H and O–H groups in total. The molecule has 0 aliphatic rings. The fraction of sp³-hybridized carbons (Fsp3) is 1.00. The molecule has 0 aromatic rings. The third-order valence-corrected chi connectivity index (χ3v) is 4.86. The maximum atomic E-state index is 5.30. The van der Waals surface area contributed by atoms with E-state index >= 15 is 0 Å². The molecule has 68 valence electrons. The molecule has 0 saturated carbocycles. The van der Waals surface area contributed by atoms with Gasteiger partial charge in [0.1, 0.15) is 0 Å². The van der Waals surface area contributed by atoms with E-state index in [1.165, 1.54) is 0 Å². The van der Waals surface area contributed by atoms with E-state index < -0.39 is 5.69 Å². The van der Waals surface area contributed by atoms with Crippen LogP contribution in [0, 0.1) is 0 Å². The Kier molecular flexibility index (Phi) is 5.90. The van der Waals surface area contributed by atoms with Crippen LogP contribution >= 0.6 is 17.3 Å². The SMILES string of the molecule is CCC(C)OP(=S)(ON)SN. The molecule has 0 aliphatic heterocycles. The van der Waals surface area contributed by atoms with Crippen LogP contribution in [0.25, 0.3) is 0 Å². The number of hydrogen-bond acceptors (Lipinski definition) is 6. The molecule has 0 aliphatic carbocycles. The molecule has 7 heteroatoms. The lowest BCUT2D eigenvalue weighted by molar-refractivity contribution is 0.199. The first-order chi connectivity index (χ1) is 5.08. The van der Waals surface area contributed by atoms with E-state index in [0.29, 0.717) is 0 Å². The molecule has 0 rings (SSSR count). The lowest BCUT2D eigenvalue weighted by Crippen LogP contribution is -2.08. The maximum Gasteiger partial charge on any atom is 0.278 e. The van der Waals surface area contributed by atoms with E-state index in [1.54, 1.807) is 0 Å². The van der Waals surface area contributed by atoms with Crippen molar-refractivity contribution in [2.75, 3.05) is 0 Å². The summed E-state index contributed by atoms with van der Waals surface area (Å²) in [6.45, 7) is 3.89. The van der Waals surface area contributed by atoms with Gasteiger partial charge < -0.3 is 4.52 Å². The van der Waals surface area contributed by atoms with E-state index in [2.05, 4.69) is 4.62 Å². The Morgan fingerprint density at radius 2 is 2.27 bits per heavy atom. The highest BCUT2D eigenvalue weighted by Gasteiger charge is 2.19. The lowest BCUT2D eigenvalue weighted by atomic mass is 10.3.